The molecule has 17 heavy (non-hydrogen) atoms. The molecule has 1 aromatic heterocycles. The summed E-state index contributed by atoms with van der Waals surface area (Å²) in [5, 5.41) is 7.74. The number of nitrogens with zero attached hydrogens (tertiary/aromatic N) is 2. The van der Waals surface area contributed by atoms with Crippen molar-refractivity contribution in [3.05, 3.63) is 23.9 Å². The summed E-state index contributed by atoms with van der Waals surface area (Å²) in [5.41, 5.74) is 2.17. The minimum absolute atomic E-state index is 0.803. The Kier molecular flexibility index (Phi) is 6.15. The van der Waals surface area contributed by atoms with Crippen molar-refractivity contribution >= 4 is 11.8 Å². The molecule has 0 bridgehead atoms. The Morgan fingerprint density at radius 2 is 2.35 bits per heavy atom. The molecule has 0 aliphatic carbocycles. The fourth-order valence-electron chi connectivity index (χ4n) is 1.66. The molecule has 1 heterocycles. The average molecular weight is 255 g/mol. The highest BCUT2D eigenvalue weighted by Gasteiger charge is 2.12. The van der Waals surface area contributed by atoms with Crippen LogP contribution in [0, 0.1) is 6.92 Å². The molecule has 1 rings (SSSR count). The lowest BCUT2D eigenvalue weighted by atomic mass is 10.2. The van der Waals surface area contributed by atoms with Crippen molar-refractivity contribution in [2.24, 2.45) is 7.05 Å². The van der Waals surface area contributed by atoms with Crippen molar-refractivity contribution in [1.82, 2.24) is 15.1 Å². The molecule has 0 unspecified atom stereocenters. The first-order chi connectivity index (χ1) is 8.20. The lowest BCUT2D eigenvalue weighted by Gasteiger charge is -2.06. The maximum Gasteiger partial charge on any atom is 0.216 e. The number of rotatable bonds is 8. The molecule has 0 atom stereocenters. The summed E-state index contributed by atoms with van der Waals surface area (Å²) in [4.78, 5) is 0. The van der Waals surface area contributed by atoms with Crippen molar-refractivity contribution in [3.63, 3.8) is 0 Å². The van der Waals surface area contributed by atoms with E-state index in [4.69, 9.17) is 4.74 Å². The summed E-state index contributed by atoms with van der Waals surface area (Å²) in [6, 6.07) is 0. The highest BCUT2D eigenvalue weighted by Crippen LogP contribution is 2.20. The van der Waals surface area contributed by atoms with E-state index in [9.17, 15) is 0 Å². The largest absolute Gasteiger partial charge is 0.481 e. The van der Waals surface area contributed by atoms with Crippen molar-refractivity contribution in [2.45, 2.75) is 13.5 Å². The van der Waals surface area contributed by atoms with Crippen LogP contribution in [0.15, 0.2) is 12.7 Å². The lowest BCUT2D eigenvalue weighted by Crippen LogP contribution is -2.17. The predicted octanol–water partition coefficient (Wildman–Crippen LogP) is 1.75. The van der Waals surface area contributed by atoms with Gasteiger partial charge in [0.05, 0.1) is 18.4 Å². The Labute approximate surface area is 107 Å². The molecule has 0 aromatic carbocycles. The fraction of sp³-hybridized carbons (Fsp3) is 0.583. The summed E-state index contributed by atoms with van der Waals surface area (Å²) in [6.45, 7) is 7.49. The molecule has 4 nitrogen and oxygen atoms in total. The van der Waals surface area contributed by atoms with E-state index >= 15 is 0 Å². The molecule has 0 aliphatic rings. The normalized spacial score (nSPS) is 10.5. The van der Waals surface area contributed by atoms with Gasteiger partial charge in [0, 0.05) is 31.6 Å². The Bertz CT molecular complexity index is 363. The Morgan fingerprint density at radius 1 is 1.59 bits per heavy atom. The van der Waals surface area contributed by atoms with Crippen molar-refractivity contribution in [1.29, 1.82) is 0 Å². The molecule has 5 heteroatoms. The number of aryl methyl sites for hydroxylation is 2. The van der Waals surface area contributed by atoms with Gasteiger partial charge in [-0.1, -0.05) is 6.08 Å². The van der Waals surface area contributed by atoms with E-state index in [-0.39, 0.29) is 0 Å². The topological polar surface area (TPSA) is 39.1 Å². The SMILES string of the molecule is C=CCSCCNCc1c(C)nn(C)c1OC. The number of aromatic nitrogens is 2. The third-order valence-electron chi connectivity index (χ3n) is 2.44. The Morgan fingerprint density at radius 3 is 3.00 bits per heavy atom. The van der Waals surface area contributed by atoms with Crippen LogP contribution in [0.4, 0.5) is 0 Å². The van der Waals surface area contributed by atoms with Crippen molar-refractivity contribution in [2.75, 3.05) is 25.2 Å². The van der Waals surface area contributed by atoms with E-state index < -0.39 is 0 Å². The van der Waals surface area contributed by atoms with Gasteiger partial charge in [-0.15, -0.1) is 6.58 Å². The number of thioether (sulfide) groups is 1. The predicted molar refractivity (Wildman–Crippen MR) is 73.7 cm³/mol. The van der Waals surface area contributed by atoms with E-state index in [0.717, 1.165) is 41.7 Å². The first-order valence-electron chi connectivity index (χ1n) is 5.66. The number of hydrogen-bond acceptors (Lipinski definition) is 4. The van der Waals surface area contributed by atoms with Gasteiger partial charge in [-0.3, -0.25) is 0 Å². The number of nitrogens with one attached hydrogen (secondary N) is 1. The first-order valence-corrected chi connectivity index (χ1v) is 6.82. The molecule has 0 aliphatic heterocycles. The van der Waals surface area contributed by atoms with Gasteiger partial charge in [0.25, 0.3) is 0 Å². The molecule has 96 valence electrons. The molecule has 0 fully saturated rings. The highest BCUT2D eigenvalue weighted by atomic mass is 32.2. The third-order valence-corrected chi connectivity index (χ3v) is 3.41. The second kappa shape index (κ2) is 7.40. The molecule has 0 radical (unpaired) electrons. The van der Waals surface area contributed by atoms with Crippen LogP contribution in [-0.4, -0.2) is 34.9 Å². The van der Waals surface area contributed by atoms with Gasteiger partial charge in [0.15, 0.2) is 0 Å². The van der Waals surface area contributed by atoms with E-state index in [1.807, 2.05) is 31.8 Å². The van der Waals surface area contributed by atoms with Crippen LogP contribution in [0.25, 0.3) is 0 Å². The molecular formula is C12H21N3OS. The maximum absolute atomic E-state index is 5.33. The zero-order chi connectivity index (χ0) is 12.7. The lowest BCUT2D eigenvalue weighted by molar-refractivity contribution is 0.368. The van der Waals surface area contributed by atoms with Gasteiger partial charge >= 0.3 is 0 Å². The van der Waals surface area contributed by atoms with Crippen LogP contribution < -0.4 is 10.1 Å². The van der Waals surface area contributed by atoms with Crippen molar-refractivity contribution < 1.29 is 4.74 Å². The molecular weight excluding hydrogens is 234 g/mol. The highest BCUT2D eigenvalue weighted by molar-refractivity contribution is 7.99. The number of hydrogen-bond donors (Lipinski definition) is 1. The summed E-state index contributed by atoms with van der Waals surface area (Å²) in [5.74, 6) is 2.94. The van der Waals surface area contributed by atoms with E-state index in [0.29, 0.717) is 0 Å². The molecule has 1 aromatic rings. The van der Waals surface area contributed by atoms with Crippen LogP contribution in [-0.2, 0) is 13.6 Å². The van der Waals surface area contributed by atoms with E-state index in [2.05, 4.69) is 17.0 Å². The van der Waals surface area contributed by atoms with Gasteiger partial charge in [0.1, 0.15) is 0 Å². The summed E-state index contributed by atoms with van der Waals surface area (Å²) in [6.07, 6.45) is 1.93. The van der Waals surface area contributed by atoms with E-state index in [1.165, 1.54) is 0 Å². The van der Waals surface area contributed by atoms with Crippen LogP contribution in [0.5, 0.6) is 5.88 Å². The minimum Gasteiger partial charge on any atom is -0.481 e. The summed E-state index contributed by atoms with van der Waals surface area (Å²) < 4.78 is 7.11. The fourth-order valence-corrected chi connectivity index (χ4v) is 2.29. The van der Waals surface area contributed by atoms with Crippen molar-refractivity contribution in [3.8, 4) is 5.88 Å². The summed E-state index contributed by atoms with van der Waals surface area (Å²) in [7, 11) is 3.58. The van der Waals surface area contributed by atoms with Gasteiger partial charge < -0.3 is 10.1 Å². The Hall–Kier alpha value is -0.940. The molecule has 1 N–H and O–H groups in total. The maximum atomic E-state index is 5.33. The average Bonchev–Trinajstić information content (AvgIpc) is 2.58. The summed E-state index contributed by atoms with van der Waals surface area (Å²) >= 11 is 1.88. The van der Waals surface area contributed by atoms with Crippen LogP contribution in [0.2, 0.25) is 0 Å². The second-order valence-electron chi connectivity index (χ2n) is 3.74. The van der Waals surface area contributed by atoms with Crippen LogP contribution in [0.3, 0.4) is 0 Å². The van der Waals surface area contributed by atoms with Gasteiger partial charge in [-0.2, -0.15) is 16.9 Å². The van der Waals surface area contributed by atoms with Crippen LogP contribution in [0.1, 0.15) is 11.3 Å². The molecule has 0 saturated heterocycles. The monoisotopic (exact) mass is 255 g/mol. The zero-order valence-corrected chi connectivity index (χ0v) is 11.6. The molecule has 0 saturated carbocycles. The minimum atomic E-state index is 0.803. The molecule has 0 spiro atoms. The first kappa shape index (κ1) is 14.1. The van der Waals surface area contributed by atoms with Gasteiger partial charge in [-0.25, -0.2) is 4.68 Å². The van der Waals surface area contributed by atoms with Crippen LogP contribution >= 0.6 is 11.8 Å². The molecule has 0 amide bonds. The van der Waals surface area contributed by atoms with Gasteiger partial charge in [0.2, 0.25) is 5.88 Å². The second-order valence-corrected chi connectivity index (χ2v) is 4.89. The number of ether oxygens (including phenoxy) is 1. The smallest absolute Gasteiger partial charge is 0.216 e. The quantitative estimate of drug-likeness (QED) is 0.567. The number of methoxy groups -OCH3 is 1. The Balaban J connectivity index is 2.38. The van der Waals surface area contributed by atoms with E-state index in [1.54, 1.807) is 11.8 Å². The zero-order valence-electron chi connectivity index (χ0n) is 10.8. The third kappa shape index (κ3) is 4.09. The standard InChI is InChI=1S/C12H21N3OS/c1-5-7-17-8-6-13-9-11-10(2)14-15(3)12(11)16-4/h5,13H,1,6-9H2,2-4H3. The van der Waals surface area contributed by atoms with Gasteiger partial charge in [-0.05, 0) is 6.92 Å².